The molecule has 86 valence electrons. The van der Waals surface area contributed by atoms with Crippen molar-refractivity contribution in [3.05, 3.63) is 47.6 Å². The third-order valence-corrected chi connectivity index (χ3v) is 2.92. The van der Waals surface area contributed by atoms with Gasteiger partial charge in [0, 0.05) is 0 Å². The average Bonchev–Trinajstić information content (AvgIpc) is 2.28. The van der Waals surface area contributed by atoms with Crippen molar-refractivity contribution < 1.29 is 9.84 Å². The average molecular weight is 218 g/mol. The Morgan fingerprint density at radius 1 is 1.38 bits per heavy atom. The van der Waals surface area contributed by atoms with E-state index in [4.69, 9.17) is 4.74 Å². The number of rotatable bonds is 3. The van der Waals surface area contributed by atoms with Gasteiger partial charge in [0.05, 0.1) is 18.8 Å². The quantitative estimate of drug-likeness (QED) is 0.788. The molecule has 0 aromatic heterocycles. The van der Waals surface area contributed by atoms with Crippen LogP contribution in [0.5, 0.6) is 0 Å². The first kappa shape index (κ1) is 11.4. The number of hydrogen-bond donors (Lipinski definition) is 1. The van der Waals surface area contributed by atoms with Gasteiger partial charge in [0.1, 0.15) is 0 Å². The fourth-order valence-corrected chi connectivity index (χ4v) is 1.94. The molecular weight excluding hydrogens is 200 g/mol. The van der Waals surface area contributed by atoms with E-state index in [1.54, 1.807) is 0 Å². The topological polar surface area (TPSA) is 29.5 Å². The maximum absolute atomic E-state index is 9.46. The summed E-state index contributed by atoms with van der Waals surface area (Å²) in [6, 6.07) is 0. The SMILES string of the molecule is CC1=CC=CCC1OCC1=CC(O)CC=C1. The van der Waals surface area contributed by atoms with Crippen LogP contribution in [0.25, 0.3) is 0 Å². The Labute approximate surface area is 96.6 Å². The van der Waals surface area contributed by atoms with Crippen LogP contribution in [0, 0.1) is 0 Å². The molecule has 2 heteroatoms. The minimum atomic E-state index is -0.341. The molecule has 2 unspecified atom stereocenters. The molecule has 0 aromatic carbocycles. The Morgan fingerprint density at radius 2 is 2.25 bits per heavy atom. The van der Waals surface area contributed by atoms with Gasteiger partial charge in [-0.2, -0.15) is 0 Å². The van der Waals surface area contributed by atoms with E-state index in [1.807, 2.05) is 18.2 Å². The molecule has 0 saturated heterocycles. The van der Waals surface area contributed by atoms with E-state index in [1.165, 1.54) is 5.57 Å². The first-order chi connectivity index (χ1) is 7.75. The van der Waals surface area contributed by atoms with E-state index >= 15 is 0 Å². The fraction of sp³-hybridized carbons (Fsp3) is 0.429. The van der Waals surface area contributed by atoms with E-state index in [2.05, 4.69) is 25.2 Å². The van der Waals surface area contributed by atoms with Gasteiger partial charge in [-0.3, -0.25) is 0 Å². The summed E-state index contributed by atoms with van der Waals surface area (Å²) in [6.45, 7) is 2.67. The molecular formula is C14H18O2. The number of aliphatic hydroxyl groups excluding tert-OH is 1. The van der Waals surface area contributed by atoms with Crippen molar-refractivity contribution in [3.8, 4) is 0 Å². The highest BCUT2D eigenvalue weighted by atomic mass is 16.5. The number of allylic oxidation sites excluding steroid dienone is 2. The van der Waals surface area contributed by atoms with E-state index in [-0.39, 0.29) is 12.2 Å². The van der Waals surface area contributed by atoms with Gasteiger partial charge >= 0.3 is 0 Å². The summed E-state index contributed by atoms with van der Waals surface area (Å²) in [5.41, 5.74) is 2.34. The van der Waals surface area contributed by atoms with Gasteiger partial charge in [0.2, 0.25) is 0 Å². The molecule has 0 aliphatic heterocycles. The molecule has 0 amide bonds. The van der Waals surface area contributed by atoms with Gasteiger partial charge < -0.3 is 9.84 Å². The maximum Gasteiger partial charge on any atom is 0.0824 e. The Morgan fingerprint density at radius 3 is 3.00 bits per heavy atom. The zero-order valence-corrected chi connectivity index (χ0v) is 9.60. The minimum Gasteiger partial charge on any atom is -0.389 e. The lowest BCUT2D eigenvalue weighted by atomic mass is 10.0. The smallest absolute Gasteiger partial charge is 0.0824 e. The van der Waals surface area contributed by atoms with Gasteiger partial charge in [-0.05, 0) is 30.9 Å². The Bertz CT molecular complexity index is 361. The van der Waals surface area contributed by atoms with E-state index in [0.29, 0.717) is 13.0 Å². The molecule has 2 atom stereocenters. The van der Waals surface area contributed by atoms with E-state index in [9.17, 15) is 5.11 Å². The van der Waals surface area contributed by atoms with Gasteiger partial charge in [0.25, 0.3) is 0 Å². The molecule has 0 heterocycles. The zero-order valence-electron chi connectivity index (χ0n) is 9.60. The zero-order chi connectivity index (χ0) is 11.4. The van der Waals surface area contributed by atoms with Gasteiger partial charge in [0.15, 0.2) is 0 Å². The van der Waals surface area contributed by atoms with Crippen molar-refractivity contribution in [3.63, 3.8) is 0 Å². The van der Waals surface area contributed by atoms with Gasteiger partial charge in [-0.25, -0.2) is 0 Å². The first-order valence-electron chi connectivity index (χ1n) is 5.76. The number of aliphatic hydroxyl groups is 1. The van der Waals surface area contributed by atoms with Crippen LogP contribution in [0.15, 0.2) is 47.6 Å². The lowest BCUT2D eigenvalue weighted by Crippen LogP contribution is -2.18. The summed E-state index contributed by atoms with van der Waals surface area (Å²) < 4.78 is 5.83. The Balaban J connectivity index is 1.86. The molecule has 16 heavy (non-hydrogen) atoms. The third-order valence-electron chi connectivity index (χ3n) is 2.92. The summed E-state index contributed by atoms with van der Waals surface area (Å²) in [5.74, 6) is 0. The highest BCUT2D eigenvalue weighted by molar-refractivity contribution is 5.26. The standard InChI is InChI=1S/C14H18O2/c1-11-5-2-3-8-14(11)16-10-12-6-4-7-13(15)9-12/h2-6,9,13-15H,7-8,10H2,1H3. The normalized spacial score (nSPS) is 28.9. The second-order valence-electron chi connectivity index (χ2n) is 4.32. The summed E-state index contributed by atoms with van der Waals surface area (Å²) >= 11 is 0. The second kappa shape index (κ2) is 5.28. The van der Waals surface area contributed by atoms with Crippen molar-refractivity contribution in [2.45, 2.75) is 32.0 Å². The second-order valence-corrected chi connectivity index (χ2v) is 4.32. The molecule has 0 fully saturated rings. The van der Waals surface area contributed by atoms with Crippen LogP contribution < -0.4 is 0 Å². The molecule has 0 aromatic rings. The molecule has 0 saturated carbocycles. The van der Waals surface area contributed by atoms with Crippen molar-refractivity contribution in [1.29, 1.82) is 0 Å². The van der Waals surface area contributed by atoms with Crippen molar-refractivity contribution in [2.24, 2.45) is 0 Å². The summed E-state index contributed by atoms with van der Waals surface area (Å²) in [7, 11) is 0. The first-order valence-corrected chi connectivity index (χ1v) is 5.76. The van der Waals surface area contributed by atoms with Crippen LogP contribution >= 0.6 is 0 Å². The lowest BCUT2D eigenvalue weighted by Gasteiger charge is -2.20. The summed E-state index contributed by atoms with van der Waals surface area (Å²) in [4.78, 5) is 0. The molecule has 2 nitrogen and oxygen atoms in total. The van der Waals surface area contributed by atoms with Crippen molar-refractivity contribution in [1.82, 2.24) is 0 Å². The molecule has 0 radical (unpaired) electrons. The van der Waals surface area contributed by atoms with Crippen LogP contribution in [0.4, 0.5) is 0 Å². The predicted molar refractivity (Wildman–Crippen MR) is 65.1 cm³/mol. The van der Waals surface area contributed by atoms with Crippen molar-refractivity contribution in [2.75, 3.05) is 6.61 Å². The van der Waals surface area contributed by atoms with Crippen LogP contribution in [0.1, 0.15) is 19.8 Å². The largest absolute Gasteiger partial charge is 0.389 e. The molecule has 0 spiro atoms. The van der Waals surface area contributed by atoms with Crippen LogP contribution in [-0.4, -0.2) is 23.9 Å². The van der Waals surface area contributed by atoms with E-state index < -0.39 is 0 Å². The number of ether oxygens (including phenoxy) is 1. The van der Waals surface area contributed by atoms with Crippen LogP contribution in [0.3, 0.4) is 0 Å². The highest BCUT2D eigenvalue weighted by Crippen LogP contribution is 2.18. The molecule has 1 N–H and O–H groups in total. The fourth-order valence-electron chi connectivity index (χ4n) is 1.94. The molecule has 0 bridgehead atoms. The highest BCUT2D eigenvalue weighted by Gasteiger charge is 2.13. The Kier molecular flexibility index (Phi) is 3.75. The van der Waals surface area contributed by atoms with Crippen molar-refractivity contribution >= 4 is 0 Å². The lowest BCUT2D eigenvalue weighted by molar-refractivity contribution is 0.0970. The van der Waals surface area contributed by atoms with Gasteiger partial charge in [-0.15, -0.1) is 0 Å². The monoisotopic (exact) mass is 218 g/mol. The molecule has 2 aliphatic carbocycles. The van der Waals surface area contributed by atoms with E-state index in [0.717, 1.165) is 12.0 Å². The van der Waals surface area contributed by atoms with Crippen LogP contribution in [0.2, 0.25) is 0 Å². The summed E-state index contributed by atoms with van der Waals surface area (Å²) in [6.07, 6.45) is 13.7. The number of hydrogen-bond acceptors (Lipinski definition) is 2. The third kappa shape index (κ3) is 2.94. The molecule has 2 aliphatic rings. The predicted octanol–water partition coefficient (Wildman–Crippen LogP) is 2.53. The van der Waals surface area contributed by atoms with Crippen LogP contribution in [-0.2, 0) is 4.74 Å². The maximum atomic E-state index is 9.46. The summed E-state index contributed by atoms with van der Waals surface area (Å²) in [5, 5.41) is 9.46. The van der Waals surface area contributed by atoms with Gasteiger partial charge in [-0.1, -0.05) is 36.5 Å². The molecule has 2 rings (SSSR count). The minimum absolute atomic E-state index is 0.193. The Hall–Kier alpha value is -1.12.